The largest absolute Gasteiger partial charge is 0.353 e. The van der Waals surface area contributed by atoms with Crippen molar-refractivity contribution in [1.29, 1.82) is 0 Å². The fraction of sp³-hybridized carbons (Fsp3) is 0. The number of aromatic nitrogens is 3. The van der Waals surface area contributed by atoms with Gasteiger partial charge in [-0.25, -0.2) is 9.97 Å². The fourth-order valence-electron chi connectivity index (χ4n) is 5.59. The molecule has 0 saturated carbocycles. The van der Waals surface area contributed by atoms with Crippen LogP contribution in [-0.2, 0) is 0 Å². The molecule has 0 amide bonds. The van der Waals surface area contributed by atoms with E-state index >= 15 is 0 Å². The minimum absolute atomic E-state index is 0.943. The third-order valence-electron chi connectivity index (χ3n) is 7.35. The normalized spacial score (nSPS) is 11.8. The maximum absolute atomic E-state index is 5.17. The summed E-state index contributed by atoms with van der Waals surface area (Å²) in [5, 5.41) is 2.39. The lowest BCUT2D eigenvalue weighted by Gasteiger charge is -2.13. The molecule has 8 bridgehead atoms. The van der Waals surface area contributed by atoms with Gasteiger partial charge in [0.2, 0.25) is 0 Å². The van der Waals surface area contributed by atoms with Crippen LogP contribution in [-0.4, -0.2) is 15.0 Å². The van der Waals surface area contributed by atoms with Crippen LogP contribution in [0.5, 0.6) is 0 Å². The molecule has 0 fully saturated rings. The third-order valence-corrected chi connectivity index (χ3v) is 7.35. The van der Waals surface area contributed by atoms with E-state index in [1.165, 1.54) is 16.3 Å². The van der Waals surface area contributed by atoms with Gasteiger partial charge in [-0.2, -0.15) is 0 Å². The fourth-order valence-corrected chi connectivity index (χ4v) is 5.59. The Morgan fingerprint density at radius 1 is 0.378 bits per heavy atom. The number of nitrogens with one attached hydrogen (secondary N) is 1. The van der Waals surface area contributed by atoms with Crippen LogP contribution in [0.3, 0.4) is 0 Å². The van der Waals surface area contributed by atoms with Crippen LogP contribution >= 0.6 is 0 Å². The van der Waals surface area contributed by atoms with E-state index in [1.807, 2.05) is 0 Å². The molecule has 0 aliphatic carbocycles. The van der Waals surface area contributed by atoms with E-state index in [-0.39, 0.29) is 0 Å². The number of para-hydroxylation sites is 2. The van der Waals surface area contributed by atoms with Gasteiger partial charge in [-0.15, -0.1) is 0 Å². The number of hydrogen-bond acceptors (Lipinski definition) is 2. The van der Waals surface area contributed by atoms with E-state index in [0.717, 1.165) is 61.6 Å². The number of nitrogens with zero attached hydrogens (tertiary/aromatic N) is 2. The average molecular weight is 472 g/mol. The zero-order valence-electron chi connectivity index (χ0n) is 19.9. The molecule has 0 unspecified atom stereocenters. The maximum Gasteiger partial charge on any atom is 0.0730 e. The second kappa shape index (κ2) is 7.74. The zero-order chi connectivity index (χ0) is 24.3. The summed E-state index contributed by atoms with van der Waals surface area (Å²) in [6, 6.07) is 42.7. The Morgan fingerprint density at radius 3 is 1.43 bits per heavy atom. The standard InChI is InChI=1S/C34H21N3/c1-2-8-21(9-3-1)22-18-23-20-24(19-22)30-15-7-17-32(36-30)28-13-5-11-26-25-10-4-12-27(33(25)37-34(26)28)31-16-6-14-29(23)35-31/h1-20,37H. The Hall–Kier alpha value is -5.02. The van der Waals surface area contributed by atoms with Crippen molar-refractivity contribution < 1.29 is 0 Å². The van der Waals surface area contributed by atoms with Crippen LogP contribution in [0.4, 0.5) is 0 Å². The van der Waals surface area contributed by atoms with Gasteiger partial charge in [0.25, 0.3) is 0 Å². The molecule has 0 spiro atoms. The number of rotatable bonds is 1. The Kier molecular flexibility index (Phi) is 4.23. The van der Waals surface area contributed by atoms with Crippen LogP contribution < -0.4 is 0 Å². The molecular formula is C34H21N3. The summed E-state index contributed by atoms with van der Waals surface area (Å²) >= 11 is 0. The molecule has 37 heavy (non-hydrogen) atoms. The smallest absolute Gasteiger partial charge is 0.0730 e. The number of pyridine rings is 2. The van der Waals surface area contributed by atoms with E-state index in [2.05, 4.69) is 126 Å². The second-order valence-corrected chi connectivity index (χ2v) is 9.56. The quantitative estimate of drug-likeness (QED) is 0.260. The molecule has 0 atom stereocenters. The molecule has 1 aliphatic rings. The van der Waals surface area contributed by atoms with Gasteiger partial charge < -0.3 is 4.98 Å². The molecule has 3 aromatic heterocycles. The van der Waals surface area contributed by atoms with Crippen molar-refractivity contribution in [3.63, 3.8) is 0 Å². The molecule has 1 aliphatic heterocycles. The van der Waals surface area contributed by atoms with Gasteiger partial charge in [-0.05, 0) is 53.6 Å². The summed E-state index contributed by atoms with van der Waals surface area (Å²) in [6.07, 6.45) is 0. The Labute approximate surface area is 214 Å². The van der Waals surface area contributed by atoms with Crippen molar-refractivity contribution in [2.24, 2.45) is 0 Å². The van der Waals surface area contributed by atoms with Crippen molar-refractivity contribution in [1.82, 2.24) is 15.0 Å². The summed E-state index contributed by atoms with van der Waals surface area (Å²) in [7, 11) is 0. The number of H-pyrrole nitrogens is 1. The van der Waals surface area contributed by atoms with Crippen molar-refractivity contribution in [2.45, 2.75) is 0 Å². The van der Waals surface area contributed by atoms with E-state index in [4.69, 9.17) is 9.97 Å². The van der Waals surface area contributed by atoms with Crippen molar-refractivity contribution in [3.8, 4) is 56.2 Å². The first-order chi connectivity index (χ1) is 18.3. The molecule has 7 aromatic rings. The van der Waals surface area contributed by atoms with Gasteiger partial charge >= 0.3 is 0 Å². The molecular weight excluding hydrogens is 450 g/mol. The summed E-state index contributed by atoms with van der Waals surface area (Å²) in [5.74, 6) is 0. The number of aromatic amines is 1. The molecule has 1 N–H and O–H groups in total. The molecule has 0 radical (unpaired) electrons. The highest BCUT2D eigenvalue weighted by Gasteiger charge is 2.17. The Morgan fingerprint density at radius 2 is 0.865 bits per heavy atom. The topological polar surface area (TPSA) is 41.6 Å². The van der Waals surface area contributed by atoms with E-state index in [1.54, 1.807) is 0 Å². The molecule has 4 aromatic carbocycles. The first kappa shape index (κ1) is 20.2. The van der Waals surface area contributed by atoms with Crippen molar-refractivity contribution >= 4 is 21.8 Å². The highest BCUT2D eigenvalue weighted by atomic mass is 14.8. The van der Waals surface area contributed by atoms with Gasteiger partial charge in [-0.1, -0.05) is 78.9 Å². The van der Waals surface area contributed by atoms with Gasteiger partial charge in [-0.3, -0.25) is 0 Å². The highest BCUT2D eigenvalue weighted by molar-refractivity contribution is 6.15. The number of hydrogen-bond donors (Lipinski definition) is 1. The second-order valence-electron chi connectivity index (χ2n) is 9.56. The predicted molar refractivity (Wildman–Crippen MR) is 152 cm³/mol. The highest BCUT2D eigenvalue weighted by Crippen LogP contribution is 2.39. The Balaban J connectivity index is 1.52. The molecule has 0 saturated heterocycles. The van der Waals surface area contributed by atoms with Crippen LogP contribution in [0, 0.1) is 0 Å². The molecule has 8 rings (SSSR count). The molecule has 3 heteroatoms. The summed E-state index contributed by atoms with van der Waals surface area (Å²) in [5.41, 5.74) is 12.7. The first-order valence-electron chi connectivity index (χ1n) is 12.5. The van der Waals surface area contributed by atoms with Gasteiger partial charge in [0.1, 0.15) is 0 Å². The summed E-state index contributed by atoms with van der Waals surface area (Å²) < 4.78 is 0. The molecule has 3 nitrogen and oxygen atoms in total. The van der Waals surface area contributed by atoms with E-state index in [9.17, 15) is 0 Å². The maximum atomic E-state index is 5.17. The monoisotopic (exact) mass is 471 g/mol. The molecule has 172 valence electrons. The minimum Gasteiger partial charge on any atom is -0.353 e. The van der Waals surface area contributed by atoms with Gasteiger partial charge in [0.15, 0.2) is 0 Å². The predicted octanol–water partition coefficient (Wildman–Crippen LogP) is 8.76. The summed E-state index contributed by atoms with van der Waals surface area (Å²) in [6.45, 7) is 0. The van der Waals surface area contributed by atoms with Crippen LogP contribution in [0.1, 0.15) is 0 Å². The lowest BCUT2D eigenvalue weighted by Crippen LogP contribution is -1.93. The SMILES string of the molecule is c1ccc(-c2cc3cc(c2)-c2cccc(n2)-c2cccc4c2[nH]c2c(cccc24)-c2cccc-3n2)cc1. The van der Waals surface area contributed by atoms with Crippen molar-refractivity contribution in [2.75, 3.05) is 0 Å². The third kappa shape index (κ3) is 3.14. The number of fused-ring (bicyclic) bond motifs is 11. The lowest BCUT2D eigenvalue weighted by atomic mass is 9.96. The lowest BCUT2D eigenvalue weighted by molar-refractivity contribution is 1.31. The van der Waals surface area contributed by atoms with Crippen LogP contribution in [0.15, 0.2) is 121 Å². The van der Waals surface area contributed by atoms with Crippen LogP contribution in [0.2, 0.25) is 0 Å². The summed E-state index contributed by atoms with van der Waals surface area (Å²) in [4.78, 5) is 14.1. The average Bonchev–Trinajstić information content (AvgIpc) is 3.36. The van der Waals surface area contributed by atoms with E-state index < -0.39 is 0 Å². The van der Waals surface area contributed by atoms with E-state index in [0.29, 0.717) is 0 Å². The minimum atomic E-state index is 0.943. The van der Waals surface area contributed by atoms with Crippen LogP contribution in [0.25, 0.3) is 78.0 Å². The molecule has 4 heterocycles. The van der Waals surface area contributed by atoms with Crippen molar-refractivity contribution in [3.05, 3.63) is 121 Å². The van der Waals surface area contributed by atoms with Gasteiger partial charge in [0, 0.05) is 33.0 Å². The zero-order valence-corrected chi connectivity index (χ0v) is 19.9. The number of benzene rings is 4. The van der Waals surface area contributed by atoms with Gasteiger partial charge in [0.05, 0.1) is 33.8 Å². The Bertz CT molecular complexity index is 1860. The first-order valence-corrected chi connectivity index (χ1v) is 12.5.